The quantitative estimate of drug-likeness (QED) is 0.187. The summed E-state index contributed by atoms with van der Waals surface area (Å²) in [6.07, 6.45) is 12.2. The van der Waals surface area contributed by atoms with Gasteiger partial charge in [-0.1, -0.05) is 50.3 Å². The summed E-state index contributed by atoms with van der Waals surface area (Å²) in [6, 6.07) is 8.26. The fraction of sp³-hybridized carbons (Fsp3) is 0.467. The molecule has 0 saturated carbocycles. The Labute approximate surface area is 242 Å². The van der Waals surface area contributed by atoms with Crippen molar-refractivity contribution >= 4 is 24.8 Å². The molecule has 214 valence electrons. The third-order valence-corrected chi connectivity index (χ3v) is 6.25. The maximum atomic E-state index is 5.58. The van der Waals surface area contributed by atoms with Crippen LogP contribution in [0.1, 0.15) is 36.1 Å². The molecule has 0 amide bonds. The molecule has 6 nitrogen and oxygen atoms in total. The third-order valence-electron chi connectivity index (χ3n) is 6.25. The van der Waals surface area contributed by atoms with E-state index in [9.17, 15) is 0 Å². The van der Waals surface area contributed by atoms with Gasteiger partial charge in [0, 0.05) is 24.2 Å². The minimum absolute atomic E-state index is 0. The molecular formula is C30H46Cl2N2O4. The van der Waals surface area contributed by atoms with Crippen molar-refractivity contribution in [3.8, 4) is 23.0 Å². The summed E-state index contributed by atoms with van der Waals surface area (Å²) in [5.41, 5.74) is 5.05. The van der Waals surface area contributed by atoms with Gasteiger partial charge < -0.3 is 29.6 Å². The van der Waals surface area contributed by atoms with Crippen LogP contribution in [0.25, 0.3) is 0 Å². The van der Waals surface area contributed by atoms with Gasteiger partial charge in [0.2, 0.25) is 0 Å². The van der Waals surface area contributed by atoms with E-state index in [0.29, 0.717) is 0 Å². The van der Waals surface area contributed by atoms with E-state index in [1.54, 1.807) is 28.4 Å². The van der Waals surface area contributed by atoms with Crippen LogP contribution in [0.5, 0.6) is 23.0 Å². The lowest BCUT2D eigenvalue weighted by Gasteiger charge is -2.16. The molecule has 0 atom stereocenters. The van der Waals surface area contributed by atoms with Gasteiger partial charge in [-0.3, -0.25) is 0 Å². The molecule has 0 aromatic heterocycles. The Balaban J connectivity index is 0.00000684. The maximum absolute atomic E-state index is 5.58. The van der Waals surface area contributed by atoms with Crippen LogP contribution in [0.4, 0.5) is 0 Å². The average Bonchev–Trinajstić information content (AvgIpc) is 2.92. The molecule has 0 bridgehead atoms. The van der Waals surface area contributed by atoms with Crippen molar-refractivity contribution in [1.29, 1.82) is 0 Å². The number of nitrogens with one attached hydrogen (secondary N) is 2. The van der Waals surface area contributed by atoms with Crippen molar-refractivity contribution in [1.82, 2.24) is 10.6 Å². The molecule has 0 aliphatic rings. The van der Waals surface area contributed by atoms with Crippen molar-refractivity contribution in [2.24, 2.45) is 0 Å². The molecular weight excluding hydrogens is 523 g/mol. The van der Waals surface area contributed by atoms with E-state index in [4.69, 9.17) is 18.9 Å². The Morgan fingerprint density at radius 1 is 0.605 bits per heavy atom. The largest absolute Gasteiger partial charge is 0.493 e. The highest BCUT2D eigenvalue weighted by atomic mass is 35.5. The van der Waals surface area contributed by atoms with Crippen molar-refractivity contribution in [2.75, 3.05) is 54.6 Å². The van der Waals surface area contributed by atoms with Gasteiger partial charge in [0.15, 0.2) is 23.0 Å². The lowest BCUT2D eigenvalue weighted by molar-refractivity contribution is 0.351. The van der Waals surface area contributed by atoms with E-state index >= 15 is 0 Å². The molecule has 0 aliphatic heterocycles. The van der Waals surface area contributed by atoms with E-state index in [2.05, 4.69) is 60.9 Å². The molecule has 0 unspecified atom stereocenters. The number of benzene rings is 2. The SMILES string of the molecule is CCc1c(CCNC/C=C/C=C/CNCCc2ccc(OC)c(OC)c2CC)ccc(OC)c1OC.Cl.Cl. The summed E-state index contributed by atoms with van der Waals surface area (Å²) in [5, 5.41) is 6.96. The van der Waals surface area contributed by atoms with E-state index in [1.165, 1.54) is 22.3 Å². The zero-order chi connectivity index (χ0) is 26.2. The van der Waals surface area contributed by atoms with Gasteiger partial charge in [-0.2, -0.15) is 0 Å². The number of hydrogen-bond acceptors (Lipinski definition) is 6. The molecule has 2 aromatic rings. The van der Waals surface area contributed by atoms with Crippen LogP contribution in [-0.4, -0.2) is 54.6 Å². The normalized spacial score (nSPS) is 10.8. The van der Waals surface area contributed by atoms with Gasteiger partial charge in [-0.05, 0) is 62.0 Å². The molecule has 0 saturated heterocycles. The number of allylic oxidation sites excluding steroid dienone is 2. The zero-order valence-corrected chi connectivity index (χ0v) is 25.4. The predicted molar refractivity (Wildman–Crippen MR) is 164 cm³/mol. The Morgan fingerprint density at radius 2 is 1.00 bits per heavy atom. The number of halogens is 2. The van der Waals surface area contributed by atoms with Gasteiger partial charge in [0.1, 0.15) is 0 Å². The molecule has 0 aliphatic carbocycles. The Bertz CT molecular complexity index is 917. The minimum Gasteiger partial charge on any atom is -0.493 e. The summed E-state index contributed by atoms with van der Waals surface area (Å²) < 4.78 is 22.0. The van der Waals surface area contributed by atoms with E-state index in [0.717, 1.165) is 74.9 Å². The fourth-order valence-electron chi connectivity index (χ4n) is 4.42. The molecule has 2 N–H and O–H groups in total. The van der Waals surface area contributed by atoms with Crippen LogP contribution >= 0.6 is 24.8 Å². The molecule has 2 rings (SSSR count). The van der Waals surface area contributed by atoms with E-state index < -0.39 is 0 Å². The van der Waals surface area contributed by atoms with Crippen LogP contribution in [-0.2, 0) is 25.7 Å². The molecule has 0 fully saturated rings. The molecule has 2 aromatic carbocycles. The smallest absolute Gasteiger partial charge is 0.164 e. The number of rotatable bonds is 17. The van der Waals surface area contributed by atoms with Crippen LogP contribution in [0, 0.1) is 0 Å². The second-order valence-corrected chi connectivity index (χ2v) is 8.35. The summed E-state index contributed by atoms with van der Waals surface area (Å²) in [4.78, 5) is 0. The summed E-state index contributed by atoms with van der Waals surface area (Å²) in [7, 11) is 6.76. The van der Waals surface area contributed by atoms with Crippen LogP contribution < -0.4 is 29.6 Å². The highest BCUT2D eigenvalue weighted by molar-refractivity contribution is 5.85. The summed E-state index contributed by atoms with van der Waals surface area (Å²) in [5.74, 6) is 3.29. The first-order valence-electron chi connectivity index (χ1n) is 12.8. The van der Waals surface area contributed by atoms with Gasteiger partial charge >= 0.3 is 0 Å². The lowest BCUT2D eigenvalue weighted by Crippen LogP contribution is -2.18. The molecule has 0 spiro atoms. The summed E-state index contributed by atoms with van der Waals surface area (Å²) in [6.45, 7) is 7.80. The Morgan fingerprint density at radius 3 is 1.32 bits per heavy atom. The first-order valence-corrected chi connectivity index (χ1v) is 12.8. The monoisotopic (exact) mass is 568 g/mol. The summed E-state index contributed by atoms with van der Waals surface area (Å²) >= 11 is 0. The van der Waals surface area contributed by atoms with Crippen molar-refractivity contribution in [2.45, 2.75) is 39.5 Å². The van der Waals surface area contributed by atoms with Gasteiger partial charge in [0.05, 0.1) is 28.4 Å². The van der Waals surface area contributed by atoms with Crippen LogP contribution in [0.3, 0.4) is 0 Å². The minimum atomic E-state index is 0. The molecule has 0 heterocycles. The van der Waals surface area contributed by atoms with Gasteiger partial charge in [0.25, 0.3) is 0 Å². The first kappa shape index (κ1) is 35.6. The van der Waals surface area contributed by atoms with Gasteiger partial charge in [-0.25, -0.2) is 0 Å². The van der Waals surface area contributed by atoms with Crippen molar-refractivity contribution in [3.05, 3.63) is 70.8 Å². The van der Waals surface area contributed by atoms with Crippen molar-refractivity contribution < 1.29 is 18.9 Å². The van der Waals surface area contributed by atoms with E-state index in [-0.39, 0.29) is 24.8 Å². The predicted octanol–water partition coefficient (Wildman–Crippen LogP) is 5.77. The highest BCUT2D eigenvalue weighted by Gasteiger charge is 2.14. The van der Waals surface area contributed by atoms with Crippen LogP contribution in [0.2, 0.25) is 0 Å². The zero-order valence-electron chi connectivity index (χ0n) is 23.7. The topological polar surface area (TPSA) is 61.0 Å². The fourth-order valence-corrected chi connectivity index (χ4v) is 4.42. The number of methoxy groups -OCH3 is 4. The number of ether oxygens (including phenoxy) is 4. The average molecular weight is 570 g/mol. The molecule has 8 heteroatoms. The van der Waals surface area contributed by atoms with Crippen LogP contribution in [0.15, 0.2) is 48.6 Å². The standard InChI is InChI=1S/C30H44N2O4.2ClH/c1-7-25-23(13-15-27(33-3)29(25)35-5)17-21-31-19-11-9-10-12-20-32-22-18-24-14-16-28(34-4)30(36-6)26(24)8-2;;/h9-16,31-32H,7-8,17-22H2,1-6H3;2*1H/b11-9+,12-10+;;. The van der Waals surface area contributed by atoms with E-state index in [1.807, 2.05) is 12.1 Å². The maximum Gasteiger partial charge on any atom is 0.164 e. The highest BCUT2D eigenvalue weighted by Crippen LogP contribution is 2.35. The first-order chi connectivity index (χ1) is 17.6. The second-order valence-electron chi connectivity index (χ2n) is 8.35. The van der Waals surface area contributed by atoms with Gasteiger partial charge in [-0.15, -0.1) is 24.8 Å². The van der Waals surface area contributed by atoms with Crippen molar-refractivity contribution in [3.63, 3.8) is 0 Å². The third kappa shape index (κ3) is 10.4. The Kier molecular flexibility index (Phi) is 19.3. The lowest BCUT2D eigenvalue weighted by atomic mass is 10.0. The Hall–Kier alpha value is -2.38. The molecule has 0 radical (unpaired) electrons. The second kappa shape index (κ2) is 20.6. The number of hydrogen-bond donors (Lipinski definition) is 2. The molecule has 38 heavy (non-hydrogen) atoms.